The molecule has 6 aromatic rings. The van der Waals surface area contributed by atoms with E-state index in [1.807, 2.05) is 0 Å². The number of hydrogen-bond acceptors (Lipinski definition) is 2. The number of nitrogens with zero attached hydrogens (tertiary/aromatic N) is 1. The van der Waals surface area contributed by atoms with E-state index in [-0.39, 0.29) is 0 Å². The number of para-hydroxylation sites is 2. The van der Waals surface area contributed by atoms with Crippen molar-refractivity contribution in [3.8, 4) is 11.1 Å². The van der Waals surface area contributed by atoms with Gasteiger partial charge in [0.2, 0.25) is 0 Å². The summed E-state index contributed by atoms with van der Waals surface area (Å²) in [6, 6.07) is 53.2. The topological polar surface area (TPSA) is 15.3 Å². The molecule has 172 valence electrons. The average Bonchev–Trinajstić information content (AvgIpc) is 2.95. The quantitative estimate of drug-likeness (QED) is 0.265. The van der Waals surface area contributed by atoms with Crippen LogP contribution in [-0.4, -0.2) is 0 Å². The van der Waals surface area contributed by atoms with E-state index >= 15 is 0 Å². The summed E-state index contributed by atoms with van der Waals surface area (Å²) in [5.41, 5.74) is 7.86. The number of rotatable bonds is 6. The van der Waals surface area contributed by atoms with Crippen LogP contribution < -0.4 is 10.2 Å². The molecule has 0 atom stereocenters. The Morgan fingerprint density at radius 1 is 0.472 bits per heavy atom. The number of fused-ring (bicyclic) bond motifs is 1. The van der Waals surface area contributed by atoms with E-state index in [4.69, 9.17) is 0 Å². The lowest BCUT2D eigenvalue weighted by molar-refractivity contribution is 1.30. The number of nitrogens with one attached hydrogen (secondary N) is 1. The molecule has 0 amide bonds. The van der Waals surface area contributed by atoms with Crippen LogP contribution >= 0.6 is 0 Å². The third-order valence-electron chi connectivity index (χ3n) is 6.42. The summed E-state index contributed by atoms with van der Waals surface area (Å²) in [5.74, 6) is 0. The second kappa shape index (κ2) is 9.81. The van der Waals surface area contributed by atoms with Crippen molar-refractivity contribution in [2.45, 2.75) is 0 Å². The first kappa shape index (κ1) is 21.7. The second-order valence-electron chi connectivity index (χ2n) is 8.76. The molecule has 6 rings (SSSR count). The predicted octanol–water partition coefficient (Wildman–Crippen LogP) is 9.72. The van der Waals surface area contributed by atoms with Gasteiger partial charge in [0.1, 0.15) is 0 Å². The monoisotopic (exact) mass is 462 g/mol. The van der Waals surface area contributed by atoms with Crippen molar-refractivity contribution in [3.63, 3.8) is 0 Å². The fourth-order valence-electron chi connectivity index (χ4n) is 4.75. The first-order valence-electron chi connectivity index (χ1n) is 12.2. The van der Waals surface area contributed by atoms with Crippen molar-refractivity contribution in [3.05, 3.63) is 152 Å². The molecule has 0 bridgehead atoms. The molecule has 0 fully saturated rings. The summed E-state index contributed by atoms with van der Waals surface area (Å²) in [6.45, 7) is 0. The molecule has 0 aliphatic carbocycles. The Labute approximate surface area is 212 Å². The Hall–Kier alpha value is -4.82. The zero-order valence-corrected chi connectivity index (χ0v) is 19.9. The average molecular weight is 463 g/mol. The largest absolute Gasteiger partial charge is 0.355 e. The van der Waals surface area contributed by atoms with Gasteiger partial charge in [-0.15, -0.1) is 0 Å². The zero-order valence-electron chi connectivity index (χ0n) is 19.9. The van der Waals surface area contributed by atoms with Crippen LogP contribution in [0.25, 0.3) is 21.9 Å². The summed E-state index contributed by atoms with van der Waals surface area (Å²) in [6.07, 6.45) is 0. The maximum absolute atomic E-state index is 3.68. The highest BCUT2D eigenvalue weighted by atomic mass is 15.1. The van der Waals surface area contributed by atoms with E-state index < -0.39 is 0 Å². The lowest BCUT2D eigenvalue weighted by atomic mass is 10.0. The standard InChI is InChI=1S/C34H26N2/c1-3-13-26(14-4-1)31-21-9-10-23-33(31)35-28-17-12-20-30(25-28)36(29-18-5-2-6-19-29)34-24-11-16-27-15-7-8-22-32(27)34/h1-25,35H. The molecule has 0 aliphatic heterocycles. The molecule has 1 N–H and O–H groups in total. The Bertz CT molecular complexity index is 1600. The van der Waals surface area contributed by atoms with Crippen LogP contribution in [0.5, 0.6) is 0 Å². The number of anilines is 5. The van der Waals surface area contributed by atoms with Crippen molar-refractivity contribution >= 4 is 39.2 Å². The second-order valence-corrected chi connectivity index (χ2v) is 8.76. The van der Waals surface area contributed by atoms with Gasteiger partial charge in [-0.05, 0) is 53.4 Å². The van der Waals surface area contributed by atoms with Gasteiger partial charge in [-0.2, -0.15) is 0 Å². The summed E-state index contributed by atoms with van der Waals surface area (Å²) in [5, 5.41) is 6.12. The fourth-order valence-corrected chi connectivity index (χ4v) is 4.75. The third kappa shape index (κ3) is 4.33. The minimum atomic E-state index is 1.04. The van der Waals surface area contributed by atoms with E-state index in [0.717, 1.165) is 28.4 Å². The van der Waals surface area contributed by atoms with E-state index in [9.17, 15) is 0 Å². The van der Waals surface area contributed by atoms with Crippen molar-refractivity contribution in [1.29, 1.82) is 0 Å². The normalized spacial score (nSPS) is 10.8. The fraction of sp³-hybridized carbons (Fsp3) is 0. The van der Waals surface area contributed by atoms with Gasteiger partial charge in [-0.25, -0.2) is 0 Å². The third-order valence-corrected chi connectivity index (χ3v) is 6.42. The predicted molar refractivity (Wildman–Crippen MR) is 154 cm³/mol. The Morgan fingerprint density at radius 2 is 1.11 bits per heavy atom. The van der Waals surface area contributed by atoms with Crippen LogP contribution in [0.4, 0.5) is 28.4 Å². The molecule has 0 spiro atoms. The molecule has 36 heavy (non-hydrogen) atoms. The maximum atomic E-state index is 3.68. The molecule has 0 aliphatic rings. The molecule has 0 aromatic heterocycles. The van der Waals surface area contributed by atoms with Crippen LogP contribution in [0.3, 0.4) is 0 Å². The van der Waals surface area contributed by atoms with E-state index in [2.05, 4.69) is 162 Å². The van der Waals surface area contributed by atoms with E-state index in [1.165, 1.54) is 21.9 Å². The minimum absolute atomic E-state index is 1.04. The van der Waals surface area contributed by atoms with Gasteiger partial charge in [-0.3, -0.25) is 0 Å². The Kier molecular flexibility index (Phi) is 5.91. The van der Waals surface area contributed by atoms with Gasteiger partial charge >= 0.3 is 0 Å². The summed E-state index contributed by atoms with van der Waals surface area (Å²) >= 11 is 0. The lowest BCUT2D eigenvalue weighted by Gasteiger charge is -2.27. The summed E-state index contributed by atoms with van der Waals surface area (Å²) in [4.78, 5) is 2.33. The van der Waals surface area contributed by atoms with E-state index in [1.54, 1.807) is 0 Å². The van der Waals surface area contributed by atoms with Crippen LogP contribution in [0, 0.1) is 0 Å². The van der Waals surface area contributed by atoms with Gasteiger partial charge < -0.3 is 10.2 Å². The van der Waals surface area contributed by atoms with E-state index in [0.29, 0.717) is 0 Å². The Balaban J connectivity index is 1.44. The molecule has 6 aromatic carbocycles. The Morgan fingerprint density at radius 3 is 1.97 bits per heavy atom. The first-order chi connectivity index (χ1) is 17.9. The highest BCUT2D eigenvalue weighted by Crippen LogP contribution is 2.40. The van der Waals surface area contributed by atoms with Gasteiger partial charge in [0.15, 0.2) is 0 Å². The van der Waals surface area contributed by atoms with Crippen LogP contribution in [0.1, 0.15) is 0 Å². The van der Waals surface area contributed by atoms with Gasteiger partial charge in [-0.1, -0.05) is 109 Å². The SMILES string of the molecule is c1ccc(-c2ccccc2Nc2cccc(N(c3ccccc3)c3cccc4ccccc34)c2)cc1. The van der Waals surface area contributed by atoms with Crippen LogP contribution in [-0.2, 0) is 0 Å². The molecule has 0 unspecified atom stereocenters. The zero-order chi connectivity index (χ0) is 24.2. The number of hydrogen-bond donors (Lipinski definition) is 1. The van der Waals surface area contributed by atoms with Crippen molar-refractivity contribution in [2.75, 3.05) is 10.2 Å². The molecular formula is C34H26N2. The maximum Gasteiger partial charge on any atom is 0.0540 e. The van der Waals surface area contributed by atoms with Crippen LogP contribution in [0.2, 0.25) is 0 Å². The molecule has 0 saturated heterocycles. The van der Waals surface area contributed by atoms with Crippen LogP contribution in [0.15, 0.2) is 152 Å². The molecule has 2 nitrogen and oxygen atoms in total. The number of benzene rings is 6. The summed E-state index contributed by atoms with van der Waals surface area (Å²) in [7, 11) is 0. The molecule has 2 heteroatoms. The van der Waals surface area contributed by atoms with Gasteiger partial charge in [0.05, 0.1) is 5.69 Å². The lowest BCUT2D eigenvalue weighted by Crippen LogP contribution is -2.10. The molecule has 0 saturated carbocycles. The highest BCUT2D eigenvalue weighted by molar-refractivity contribution is 5.99. The van der Waals surface area contributed by atoms with Gasteiger partial charge in [0.25, 0.3) is 0 Å². The summed E-state index contributed by atoms with van der Waals surface area (Å²) < 4.78 is 0. The first-order valence-corrected chi connectivity index (χ1v) is 12.2. The van der Waals surface area contributed by atoms with Crippen molar-refractivity contribution < 1.29 is 0 Å². The smallest absolute Gasteiger partial charge is 0.0540 e. The van der Waals surface area contributed by atoms with Gasteiger partial charge in [0, 0.05) is 33.7 Å². The molecule has 0 radical (unpaired) electrons. The molecule has 0 heterocycles. The van der Waals surface area contributed by atoms with Crippen molar-refractivity contribution in [2.24, 2.45) is 0 Å². The minimum Gasteiger partial charge on any atom is -0.355 e. The molecular weight excluding hydrogens is 436 g/mol. The highest BCUT2D eigenvalue weighted by Gasteiger charge is 2.15. The van der Waals surface area contributed by atoms with Crippen molar-refractivity contribution in [1.82, 2.24) is 0 Å².